The molecule has 2 atom stereocenters. The maximum atomic E-state index is 13.3. The Kier molecular flexibility index (Phi) is 8.74. The van der Waals surface area contributed by atoms with Crippen LogP contribution in [-0.2, 0) is 26.8 Å². The normalized spacial score (nSPS) is 16.7. The van der Waals surface area contributed by atoms with E-state index in [1.807, 2.05) is 0 Å². The Hall–Kier alpha value is -1.43. The van der Waals surface area contributed by atoms with Gasteiger partial charge in [0.2, 0.25) is 17.7 Å². The third-order valence-corrected chi connectivity index (χ3v) is 5.82. The van der Waals surface area contributed by atoms with Gasteiger partial charge in [0.25, 0.3) is 0 Å². The van der Waals surface area contributed by atoms with E-state index in [0.29, 0.717) is 24.7 Å². The van der Waals surface area contributed by atoms with Gasteiger partial charge in [-0.25, -0.2) is 18.3 Å². The number of amides is 1. The molecule has 0 saturated heterocycles. The van der Waals surface area contributed by atoms with Crippen LogP contribution in [0.25, 0.3) is 0 Å². The Bertz CT molecular complexity index is 806. The van der Waals surface area contributed by atoms with E-state index in [2.05, 4.69) is 24.5 Å². The van der Waals surface area contributed by atoms with Crippen LogP contribution in [0.5, 0.6) is 0 Å². The summed E-state index contributed by atoms with van der Waals surface area (Å²) in [5.74, 6) is -0.358. The molecule has 0 saturated carbocycles. The zero-order valence-electron chi connectivity index (χ0n) is 14.8. The minimum Gasteiger partial charge on any atom is -0.310 e. The second-order valence-electron chi connectivity index (χ2n) is 5.29. The van der Waals surface area contributed by atoms with E-state index in [1.54, 1.807) is 26.1 Å². The maximum absolute atomic E-state index is 13.3. The van der Waals surface area contributed by atoms with Crippen LogP contribution in [0.3, 0.4) is 0 Å². The Morgan fingerprint density at radius 3 is 2.93 bits per heavy atom. The predicted octanol–water partition coefficient (Wildman–Crippen LogP) is 2.56. The van der Waals surface area contributed by atoms with E-state index in [9.17, 15) is 13.4 Å². The van der Waals surface area contributed by atoms with Crippen molar-refractivity contribution in [3.63, 3.8) is 0 Å². The van der Waals surface area contributed by atoms with Crippen molar-refractivity contribution in [3.05, 3.63) is 45.2 Å². The minimum absolute atomic E-state index is 0.0663. The summed E-state index contributed by atoms with van der Waals surface area (Å²) in [7, 11) is 1.58. The molecule has 1 aliphatic heterocycles. The van der Waals surface area contributed by atoms with Gasteiger partial charge in [-0.2, -0.15) is 0 Å². The lowest BCUT2D eigenvalue weighted by Gasteiger charge is -2.22. The molecule has 1 amide bonds. The number of aromatic nitrogens is 1. The summed E-state index contributed by atoms with van der Waals surface area (Å²) in [4.78, 5) is 15.9. The van der Waals surface area contributed by atoms with Crippen molar-refractivity contribution in [1.82, 2.24) is 15.0 Å². The van der Waals surface area contributed by atoms with Gasteiger partial charge in [0.15, 0.2) is 5.13 Å². The predicted molar refractivity (Wildman–Crippen MR) is 106 cm³/mol. The van der Waals surface area contributed by atoms with Gasteiger partial charge in [-0.15, -0.1) is 11.3 Å². The molecular formula is C16H20ClFN4O3S2. The van der Waals surface area contributed by atoms with Crippen LogP contribution in [0.4, 0.5) is 9.52 Å². The molecule has 2 heterocycles. The average Bonchev–Trinajstić information content (AvgIpc) is 3.07. The summed E-state index contributed by atoms with van der Waals surface area (Å²) >= 11 is 6.01. The molecule has 1 aliphatic rings. The molecule has 3 N–H and O–H groups in total. The molecule has 148 valence electrons. The van der Waals surface area contributed by atoms with Crippen LogP contribution < -0.4 is 15.4 Å². The van der Waals surface area contributed by atoms with Crippen molar-refractivity contribution in [1.29, 1.82) is 0 Å². The lowest BCUT2D eigenvalue weighted by Crippen LogP contribution is -2.28. The summed E-state index contributed by atoms with van der Waals surface area (Å²) in [6.07, 6.45) is 0.613. The number of nitrogens with zero attached hydrogens (tertiary/aromatic N) is 1. The highest BCUT2D eigenvalue weighted by atomic mass is 35.5. The number of halogens is 2. The van der Waals surface area contributed by atoms with Gasteiger partial charge in [0, 0.05) is 23.9 Å². The summed E-state index contributed by atoms with van der Waals surface area (Å²) < 4.78 is 30.4. The molecule has 0 aliphatic carbocycles. The molecule has 0 radical (unpaired) electrons. The summed E-state index contributed by atoms with van der Waals surface area (Å²) in [6.45, 7) is 3.66. The maximum Gasteiger partial charge on any atom is 0.234 e. The van der Waals surface area contributed by atoms with E-state index < -0.39 is 17.1 Å². The topological polar surface area (TPSA) is 92.3 Å². The van der Waals surface area contributed by atoms with Gasteiger partial charge in [-0.05, 0) is 31.7 Å². The molecular weight excluding hydrogens is 415 g/mol. The number of carbonyl (C=O) groups excluding carboxylic acids is 1. The Balaban J connectivity index is 0.000000321. The first kappa shape index (κ1) is 21.9. The Morgan fingerprint density at radius 1 is 1.56 bits per heavy atom. The van der Waals surface area contributed by atoms with E-state index >= 15 is 0 Å². The first-order valence-corrected chi connectivity index (χ1v) is 10.3. The summed E-state index contributed by atoms with van der Waals surface area (Å²) in [6, 6.07) is 4.75. The molecule has 1 aromatic carbocycles. The van der Waals surface area contributed by atoms with Gasteiger partial charge in [-0.3, -0.25) is 8.98 Å². The largest absolute Gasteiger partial charge is 0.310 e. The smallest absolute Gasteiger partial charge is 0.234 e. The second kappa shape index (κ2) is 10.8. The standard InChI is InChI=1S/C13H11ClFN3OS.C3H9NO2S/c14-9-3-7(1-2-10(9)15)8-4-16-5-11-12(8)20-13(18-11)17-6-19;1-3-6-7(5)4-2/h1-3,6,8,16H,4-5H2,(H,17,18,19);4H,3H2,1-2H3. The van der Waals surface area contributed by atoms with Crippen molar-refractivity contribution in [3.8, 4) is 0 Å². The Labute approximate surface area is 168 Å². The molecule has 3 rings (SSSR count). The Morgan fingerprint density at radius 2 is 2.33 bits per heavy atom. The van der Waals surface area contributed by atoms with E-state index in [0.717, 1.165) is 22.7 Å². The number of rotatable bonds is 6. The highest BCUT2D eigenvalue weighted by Crippen LogP contribution is 2.37. The van der Waals surface area contributed by atoms with Crippen molar-refractivity contribution in [2.24, 2.45) is 0 Å². The van der Waals surface area contributed by atoms with Crippen LogP contribution in [-0.4, -0.2) is 35.8 Å². The summed E-state index contributed by atoms with van der Waals surface area (Å²) in [5, 5.41) is 6.53. The number of benzene rings is 1. The zero-order chi connectivity index (χ0) is 19.8. The van der Waals surface area contributed by atoms with Crippen LogP contribution in [0, 0.1) is 5.82 Å². The molecule has 2 aromatic rings. The van der Waals surface area contributed by atoms with E-state index in [1.165, 1.54) is 17.4 Å². The molecule has 0 spiro atoms. The van der Waals surface area contributed by atoms with Crippen LogP contribution in [0.15, 0.2) is 18.2 Å². The number of nitrogens with one attached hydrogen (secondary N) is 3. The van der Waals surface area contributed by atoms with Gasteiger partial charge in [-0.1, -0.05) is 17.7 Å². The lowest BCUT2D eigenvalue weighted by molar-refractivity contribution is -0.105. The molecule has 11 heteroatoms. The molecule has 0 bridgehead atoms. The number of hydrogen-bond donors (Lipinski definition) is 3. The van der Waals surface area contributed by atoms with Gasteiger partial charge < -0.3 is 10.6 Å². The van der Waals surface area contributed by atoms with Crippen molar-refractivity contribution in [2.45, 2.75) is 19.4 Å². The third-order valence-electron chi connectivity index (χ3n) is 3.60. The van der Waals surface area contributed by atoms with Crippen LogP contribution in [0.1, 0.15) is 29.0 Å². The number of thiazole rings is 1. The van der Waals surface area contributed by atoms with Crippen molar-refractivity contribution < 1.29 is 17.6 Å². The first-order valence-electron chi connectivity index (χ1n) is 8.08. The highest BCUT2D eigenvalue weighted by molar-refractivity contribution is 7.78. The fraction of sp³-hybridized carbons (Fsp3) is 0.375. The number of anilines is 1. The summed E-state index contributed by atoms with van der Waals surface area (Å²) in [5.41, 5.74) is 1.85. The van der Waals surface area contributed by atoms with Crippen molar-refractivity contribution >= 4 is 45.7 Å². The SMILES string of the molecule is CCOS(=O)NC.O=CNc1nc2c(s1)C(c1ccc(F)c(Cl)c1)CNC2. The first-order chi connectivity index (χ1) is 13.0. The molecule has 0 fully saturated rings. The molecule has 2 unspecified atom stereocenters. The van der Waals surface area contributed by atoms with Gasteiger partial charge in [0.05, 0.1) is 17.3 Å². The highest BCUT2D eigenvalue weighted by Gasteiger charge is 2.26. The quantitative estimate of drug-likeness (QED) is 0.608. The second-order valence-corrected chi connectivity index (χ2v) is 7.85. The number of hydrogen-bond acceptors (Lipinski definition) is 6. The van der Waals surface area contributed by atoms with E-state index in [-0.39, 0.29) is 10.9 Å². The lowest BCUT2D eigenvalue weighted by atomic mass is 9.94. The van der Waals surface area contributed by atoms with Crippen LogP contribution in [0.2, 0.25) is 5.02 Å². The molecule has 7 nitrogen and oxygen atoms in total. The van der Waals surface area contributed by atoms with Gasteiger partial charge >= 0.3 is 0 Å². The van der Waals surface area contributed by atoms with Crippen LogP contribution >= 0.6 is 22.9 Å². The van der Waals surface area contributed by atoms with Crippen molar-refractivity contribution in [2.75, 3.05) is 25.5 Å². The zero-order valence-corrected chi connectivity index (χ0v) is 17.1. The molecule has 27 heavy (non-hydrogen) atoms. The van der Waals surface area contributed by atoms with E-state index in [4.69, 9.17) is 11.6 Å². The third kappa shape index (κ3) is 6.03. The monoisotopic (exact) mass is 434 g/mol. The molecule has 1 aromatic heterocycles. The number of fused-ring (bicyclic) bond motifs is 1. The average molecular weight is 435 g/mol. The fourth-order valence-corrected chi connectivity index (χ4v) is 4.06. The fourth-order valence-electron chi connectivity index (χ4n) is 2.47. The number of carbonyl (C=O) groups is 1. The minimum atomic E-state index is -1.28. The van der Waals surface area contributed by atoms with Gasteiger partial charge in [0.1, 0.15) is 5.82 Å².